The van der Waals surface area contributed by atoms with Crippen LogP contribution < -0.4 is 0 Å². The average molecular weight is 226 g/mol. The number of carboxylic acid groups (broad SMARTS) is 1. The highest BCUT2D eigenvalue weighted by molar-refractivity contribution is 5.66. The van der Waals surface area contributed by atoms with E-state index in [2.05, 4.69) is 22.4 Å². The molecule has 0 fully saturated rings. The second-order valence-corrected chi connectivity index (χ2v) is 3.77. The molecule has 6 nitrogen and oxygen atoms in total. The van der Waals surface area contributed by atoms with Crippen LogP contribution in [0.2, 0.25) is 0 Å². The number of aliphatic carboxylic acids is 1. The Kier molecular flexibility index (Phi) is 5.45. The zero-order chi connectivity index (χ0) is 11.8. The molecule has 0 amide bonds. The van der Waals surface area contributed by atoms with Crippen molar-refractivity contribution in [2.24, 2.45) is 0 Å². The molecule has 1 rings (SSSR count). The molecule has 0 spiro atoms. The number of aryl methyl sites for hydroxylation is 2. The van der Waals surface area contributed by atoms with Gasteiger partial charge in [-0.1, -0.05) is 19.8 Å². The highest BCUT2D eigenvalue weighted by Gasteiger charge is 2.06. The average Bonchev–Trinajstić information content (AvgIpc) is 2.66. The fourth-order valence-corrected chi connectivity index (χ4v) is 1.49. The van der Waals surface area contributed by atoms with Crippen molar-refractivity contribution in [2.45, 2.75) is 52.0 Å². The topological polar surface area (TPSA) is 80.9 Å². The van der Waals surface area contributed by atoms with Crippen molar-refractivity contribution in [3.8, 4) is 0 Å². The van der Waals surface area contributed by atoms with Crippen LogP contribution in [0.3, 0.4) is 0 Å². The van der Waals surface area contributed by atoms with E-state index < -0.39 is 5.97 Å². The van der Waals surface area contributed by atoms with Crippen LogP contribution in [0.4, 0.5) is 0 Å². The molecular weight excluding hydrogens is 208 g/mol. The van der Waals surface area contributed by atoms with Crippen LogP contribution in [0, 0.1) is 0 Å². The van der Waals surface area contributed by atoms with Gasteiger partial charge in [-0.2, -0.15) is 0 Å². The molecule has 0 bridgehead atoms. The van der Waals surface area contributed by atoms with E-state index in [-0.39, 0.29) is 6.42 Å². The molecule has 16 heavy (non-hydrogen) atoms. The zero-order valence-corrected chi connectivity index (χ0v) is 9.59. The maximum Gasteiger partial charge on any atom is 0.303 e. The van der Waals surface area contributed by atoms with Crippen LogP contribution in [0.5, 0.6) is 0 Å². The fourth-order valence-electron chi connectivity index (χ4n) is 1.49. The number of tetrazole rings is 1. The molecule has 0 aromatic carbocycles. The molecule has 0 radical (unpaired) electrons. The minimum Gasteiger partial charge on any atom is -0.481 e. The predicted molar refractivity (Wildman–Crippen MR) is 57.9 cm³/mol. The molecule has 0 saturated carbocycles. The maximum atomic E-state index is 10.4. The van der Waals surface area contributed by atoms with Crippen LogP contribution in [0.1, 0.15) is 44.9 Å². The van der Waals surface area contributed by atoms with Gasteiger partial charge in [-0.25, -0.2) is 4.68 Å². The molecule has 1 heterocycles. The van der Waals surface area contributed by atoms with E-state index >= 15 is 0 Å². The van der Waals surface area contributed by atoms with Gasteiger partial charge in [-0.3, -0.25) is 4.79 Å². The molecule has 90 valence electrons. The molecule has 0 aliphatic heterocycles. The number of carbonyl (C=O) groups is 1. The summed E-state index contributed by atoms with van der Waals surface area (Å²) in [5, 5.41) is 19.9. The number of hydrogen-bond acceptors (Lipinski definition) is 4. The summed E-state index contributed by atoms with van der Waals surface area (Å²) in [7, 11) is 0. The first kappa shape index (κ1) is 12.6. The van der Waals surface area contributed by atoms with Gasteiger partial charge in [0, 0.05) is 19.4 Å². The summed E-state index contributed by atoms with van der Waals surface area (Å²) < 4.78 is 1.71. The predicted octanol–water partition coefficient (Wildman–Crippen LogP) is 1.27. The van der Waals surface area contributed by atoms with E-state index in [0.29, 0.717) is 13.0 Å². The van der Waals surface area contributed by atoms with Gasteiger partial charge in [-0.15, -0.1) is 5.10 Å². The van der Waals surface area contributed by atoms with Gasteiger partial charge < -0.3 is 5.11 Å². The first-order chi connectivity index (χ1) is 7.74. The van der Waals surface area contributed by atoms with Crippen molar-refractivity contribution < 1.29 is 9.90 Å². The number of hydrogen-bond donors (Lipinski definition) is 1. The summed E-state index contributed by atoms with van der Waals surface area (Å²) in [6.07, 6.45) is 5.02. The van der Waals surface area contributed by atoms with Gasteiger partial charge in [0.05, 0.1) is 0 Å². The van der Waals surface area contributed by atoms with Crippen molar-refractivity contribution >= 4 is 5.97 Å². The van der Waals surface area contributed by atoms with Gasteiger partial charge in [0.1, 0.15) is 0 Å². The summed E-state index contributed by atoms with van der Waals surface area (Å²) in [5.74, 6) is 0.0828. The maximum absolute atomic E-state index is 10.4. The van der Waals surface area contributed by atoms with Crippen molar-refractivity contribution in [3.63, 3.8) is 0 Å². The molecule has 0 aliphatic rings. The van der Waals surface area contributed by atoms with E-state index in [9.17, 15) is 4.79 Å². The Bertz CT molecular complexity index is 324. The monoisotopic (exact) mass is 226 g/mol. The Morgan fingerprint density at radius 2 is 2.19 bits per heavy atom. The molecular formula is C10H18N4O2. The SMILES string of the molecule is CCCCCc1nnnn1CCCC(=O)O. The third-order valence-corrected chi connectivity index (χ3v) is 2.37. The minimum atomic E-state index is -0.777. The van der Waals surface area contributed by atoms with Gasteiger partial charge >= 0.3 is 5.97 Å². The van der Waals surface area contributed by atoms with E-state index in [0.717, 1.165) is 18.7 Å². The molecule has 0 unspecified atom stereocenters. The van der Waals surface area contributed by atoms with Crippen molar-refractivity contribution in [1.82, 2.24) is 20.2 Å². The smallest absolute Gasteiger partial charge is 0.303 e. The normalized spacial score (nSPS) is 10.6. The van der Waals surface area contributed by atoms with Crippen LogP contribution in [-0.2, 0) is 17.8 Å². The quantitative estimate of drug-likeness (QED) is 0.675. The standard InChI is InChI=1S/C10H18N4O2/c1-2-3-4-6-9-11-12-13-14(9)8-5-7-10(15)16/h2-8H2,1H3,(H,15,16). The third kappa shape index (κ3) is 4.37. The summed E-state index contributed by atoms with van der Waals surface area (Å²) in [4.78, 5) is 10.4. The lowest BCUT2D eigenvalue weighted by Crippen LogP contribution is -2.08. The molecule has 0 atom stereocenters. The number of carboxylic acids is 1. The van der Waals surface area contributed by atoms with Crippen LogP contribution >= 0.6 is 0 Å². The Morgan fingerprint density at radius 1 is 1.38 bits per heavy atom. The molecule has 1 aromatic rings. The van der Waals surface area contributed by atoms with Crippen LogP contribution in [0.15, 0.2) is 0 Å². The fraction of sp³-hybridized carbons (Fsp3) is 0.800. The highest BCUT2D eigenvalue weighted by Crippen LogP contribution is 2.04. The number of unbranched alkanes of at least 4 members (excludes halogenated alkanes) is 2. The lowest BCUT2D eigenvalue weighted by molar-refractivity contribution is -0.137. The van der Waals surface area contributed by atoms with Gasteiger partial charge in [0.25, 0.3) is 0 Å². The molecule has 1 N–H and O–H groups in total. The second kappa shape index (κ2) is 6.92. The summed E-state index contributed by atoms with van der Waals surface area (Å²) in [6, 6.07) is 0. The lowest BCUT2D eigenvalue weighted by atomic mass is 10.2. The van der Waals surface area contributed by atoms with E-state index in [1.54, 1.807) is 4.68 Å². The highest BCUT2D eigenvalue weighted by atomic mass is 16.4. The van der Waals surface area contributed by atoms with Crippen LogP contribution in [-0.4, -0.2) is 31.3 Å². The lowest BCUT2D eigenvalue weighted by Gasteiger charge is -2.02. The Morgan fingerprint density at radius 3 is 2.88 bits per heavy atom. The molecule has 1 aromatic heterocycles. The van der Waals surface area contributed by atoms with Crippen molar-refractivity contribution in [1.29, 1.82) is 0 Å². The van der Waals surface area contributed by atoms with Gasteiger partial charge in [0.15, 0.2) is 5.82 Å². The van der Waals surface area contributed by atoms with Gasteiger partial charge in [0.2, 0.25) is 0 Å². The van der Waals surface area contributed by atoms with E-state index in [1.165, 1.54) is 12.8 Å². The largest absolute Gasteiger partial charge is 0.481 e. The molecule has 0 aliphatic carbocycles. The van der Waals surface area contributed by atoms with E-state index in [1.807, 2.05) is 0 Å². The van der Waals surface area contributed by atoms with Crippen molar-refractivity contribution in [2.75, 3.05) is 0 Å². The summed E-state index contributed by atoms with van der Waals surface area (Å²) >= 11 is 0. The number of nitrogens with zero attached hydrogens (tertiary/aromatic N) is 4. The first-order valence-electron chi connectivity index (χ1n) is 5.71. The Hall–Kier alpha value is -1.46. The van der Waals surface area contributed by atoms with Gasteiger partial charge in [-0.05, 0) is 23.3 Å². The molecule has 6 heteroatoms. The molecule has 0 saturated heterocycles. The Labute approximate surface area is 94.7 Å². The van der Waals surface area contributed by atoms with Crippen LogP contribution in [0.25, 0.3) is 0 Å². The zero-order valence-electron chi connectivity index (χ0n) is 9.59. The van der Waals surface area contributed by atoms with E-state index in [4.69, 9.17) is 5.11 Å². The third-order valence-electron chi connectivity index (χ3n) is 2.37. The first-order valence-corrected chi connectivity index (χ1v) is 5.71. The van der Waals surface area contributed by atoms with Crippen molar-refractivity contribution in [3.05, 3.63) is 5.82 Å². The minimum absolute atomic E-state index is 0.161. The summed E-state index contributed by atoms with van der Waals surface area (Å²) in [6.45, 7) is 2.73. The second-order valence-electron chi connectivity index (χ2n) is 3.77. The Balaban J connectivity index is 2.34. The number of aromatic nitrogens is 4. The number of rotatable bonds is 8. The summed E-state index contributed by atoms with van der Waals surface area (Å²) in [5.41, 5.74) is 0.